The van der Waals surface area contributed by atoms with Crippen molar-refractivity contribution in [2.45, 2.75) is 76.0 Å². The highest BCUT2D eigenvalue weighted by atomic mass is 16.8. The summed E-state index contributed by atoms with van der Waals surface area (Å²) in [6, 6.07) is 6.51. The van der Waals surface area contributed by atoms with Crippen molar-refractivity contribution in [2.75, 3.05) is 25.0 Å². The molecule has 5 atom stereocenters. The molecule has 3 saturated heterocycles. The van der Waals surface area contributed by atoms with Crippen molar-refractivity contribution in [2.24, 2.45) is 0 Å². The average Bonchev–Trinajstić information content (AvgIpc) is 3.21. The Morgan fingerprint density at radius 2 is 1.88 bits per heavy atom. The second kappa shape index (κ2) is 9.94. The van der Waals surface area contributed by atoms with E-state index in [1.54, 1.807) is 38.1 Å². The third-order valence-electron chi connectivity index (χ3n) is 6.12. The number of ether oxygens (including phenoxy) is 4. The number of nitrogens with one attached hydrogen (secondary N) is 1. The number of aliphatic hydroxyl groups excluding tert-OH is 1. The molecule has 3 heterocycles. The normalized spacial score (nSPS) is 29.9. The SMILES string of the molecule is CC1(C)O[C@H]2O[C@H]([C@@H](CN3CCCCC3)OC(=O)Nc3ccc(CC(=O)O)cc3)[C@H](O)[C@H]2O1. The molecule has 0 saturated carbocycles. The summed E-state index contributed by atoms with van der Waals surface area (Å²) >= 11 is 0. The Bertz CT molecular complexity index is 839. The number of amides is 1. The molecule has 3 fully saturated rings. The molecule has 10 heteroatoms. The van der Waals surface area contributed by atoms with Gasteiger partial charge < -0.3 is 29.2 Å². The van der Waals surface area contributed by atoms with Crippen LogP contribution in [0.5, 0.6) is 0 Å². The van der Waals surface area contributed by atoms with E-state index in [2.05, 4.69) is 10.2 Å². The highest BCUT2D eigenvalue weighted by Crippen LogP contribution is 2.39. The number of carboxylic acid groups (broad SMARTS) is 1. The fraction of sp³-hybridized carbons (Fsp3) is 0.652. The Kier molecular flexibility index (Phi) is 7.20. The van der Waals surface area contributed by atoms with Gasteiger partial charge in [-0.1, -0.05) is 18.6 Å². The highest BCUT2D eigenvalue weighted by molar-refractivity contribution is 5.84. The summed E-state index contributed by atoms with van der Waals surface area (Å²) in [5, 5.41) is 22.4. The molecule has 0 bridgehead atoms. The number of aliphatic hydroxyl groups is 1. The number of hydrogen-bond acceptors (Lipinski definition) is 8. The van der Waals surface area contributed by atoms with E-state index in [4.69, 9.17) is 24.1 Å². The van der Waals surface area contributed by atoms with Crippen molar-refractivity contribution >= 4 is 17.7 Å². The molecule has 182 valence electrons. The van der Waals surface area contributed by atoms with Crippen LogP contribution in [-0.2, 0) is 30.2 Å². The fourth-order valence-electron chi connectivity index (χ4n) is 4.59. The summed E-state index contributed by atoms with van der Waals surface area (Å²) < 4.78 is 23.2. The summed E-state index contributed by atoms with van der Waals surface area (Å²) in [7, 11) is 0. The van der Waals surface area contributed by atoms with Crippen molar-refractivity contribution in [3.8, 4) is 0 Å². The van der Waals surface area contributed by atoms with Crippen LogP contribution in [-0.4, -0.2) is 83.3 Å². The number of anilines is 1. The highest BCUT2D eigenvalue weighted by Gasteiger charge is 2.56. The van der Waals surface area contributed by atoms with Gasteiger partial charge in [-0.2, -0.15) is 0 Å². The molecule has 10 nitrogen and oxygen atoms in total. The van der Waals surface area contributed by atoms with Crippen LogP contribution in [0.1, 0.15) is 38.7 Å². The number of fused-ring (bicyclic) bond motifs is 1. The van der Waals surface area contributed by atoms with E-state index in [1.165, 1.54) is 6.42 Å². The first-order chi connectivity index (χ1) is 15.7. The van der Waals surface area contributed by atoms with Crippen molar-refractivity contribution in [3.05, 3.63) is 29.8 Å². The summed E-state index contributed by atoms with van der Waals surface area (Å²) in [5.41, 5.74) is 1.10. The number of aliphatic carboxylic acids is 1. The predicted molar refractivity (Wildman–Crippen MR) is 117 cm³/mol. The monoisotopic (exact) mass is 464 g/mol. The van der Waals surface area contributed by atoms with Crippen LogP contribution in [0.2, 0.25) is 0 Å². The number of hydrogen-bond donors (Lipinski definition) is 3. The Hall–Kier alpha value is -2.24. The minimum Gasteiger partial charge on any atom is -0.481 e. The van der Waals surface area contributed by atoms with Crippen molar-refractivity contribution in [3.63, 3.8) is 0 Å². The number of carboxylic acids is 1. The molecule has 0 aromatic heterocycles. The smallest absolute Gasteiger partial charge is 0.412 e. The number of carbonyl (C=O) groups excluding carboxylic acids is 1. The average molecular weight is 465 g/mol. The largest absolute Gasteiger partial charge is 0.481 e. The van der Waals surface area contributed by atoms with Crippen molar-refractivity contribution in [1.29, 1.82) is 0 Å². The van der Waals surface area contributed by atoms with Gasteiger partial charge in [0.05, 0.1) is 6.42 Å². The zero-order valence-electron chi connectivity index (χ0n) is 18.9. The van der Waals surface area contributed by atoms with Gasteiger partial charge in [0.15, 0.2) is 12.1 Å². The number of carbonyl (C=O) groups is 2. The molecule has 1 amide bonds. The fourth-order valence-corrected chi connectivity index (χ4v) is 4.59. The van der Waals surface area contributed by atoms with Crippen LogP contribution in [0.15, 0.2) is 24.3 Å². The van der Waals surface area contributed by atoms with Gasteiger partial charge in [-0.3, -0.25) is 15.0 Å². The van der Waals surface area contributed by atoms with Crippen molar-refractivity contribution in [1.82, 2.24) is 4.90 Å². The van der Waals surface area contributed by atoms with E-state index in [9.17, 15) is 14.7 Å². The third kappa shape index (κ3) is 6.01. The van der Waals surface area contributed by atoms with Crippen LogP contribution in [0, 0.1) is 0 Å². The van der Waals surface area contributed by atoms with Gasteiger partial charge in [-0.05, 0) is 57.5 Å². The lowest BCUT2D eigenvalue weighted by molar-refractivity contribution is -0.226. The van der Waals surface area contributed by atoms with Crippen molar-refractivity contribution < 1.29 is 38.7 Å². The van der Waals surface area contributed by atoms with Gasteiger partial charge >= 0.3 is 12.1 Å². The summed E-state index contributed by atoms with van der Waals surface area (Å²) in [5.74, 6) is -1.78. The van der Waals surface area contributed by atoms with Crippen LogP contribution < -0.4 is 5.32 Å². The lowest BCUT2D eigenvalue weighted by atomic mass is 10.0. The molecule has 1 aromatic carbocycles. The number of likely N-dealkylation sites (tertiary alicyclic amines) is 1. The molecule has 3 aliphatic rings. The maximum atomic E-state index is 12.7. The number of rotatable bonds is 7. The Labute approximate surface area is 192 Å². The van der Waals surface area contributed by atoms with Crippen LogP contribution in [0.3, 0.4) is 0 Å². The molecule has 3 aliphatic heterocycles. The summed E-state index contributed by atoms with van der Waals surface area (Å²) in [6.45, 7) is 5.72. The van der Waals surface area contributed by atoms with Crippen LogP contribution in [0.4, 0.5) is 10.5 Å². The zero-order chi connectivity index (χ0) is 23.6. The van der Waals surface area contributed by atoms with Crippen LogP contribution >= 0.6 is 0 Å². The first-order valence-corrected chi connectivity index (χ1v) is 11.4. The molecule has 33 heavy (non-hydrogen) atoms. The van der Waals surface area contributed by atoms with E-state index in [1.807, 2.05) is 0 Å². The van der Waals surface area contributed by atoms with Gasteiger partial charge in [-0.25, -0.2) is 4.79 Å². The van der Waals surface area contributed by atoms with E-state index in [0.717, 1.165) is 25.9 Å². The zero-order valence-corrected chi connectivity index (χ0v) is 18.9. The lowest BCUT2D eigenvalue weighted by Gasteiger charge is -2.34. The molecule has 0 unspecified atom stereocenters. The van der Waals surface area contributed by atoms with Crippen LogP contribution in [0.25, 0.3) is 0 Å². The molecular formula is C23H32N2O8. The standard InChI is InChI=1S/C23H32N2O8/c1-23(2)32-20-18(28)19(31-21(20)33-23)16(13-25-10-4-3-5-11-25)30-22(29)24-15-8-6-14(7-9-15)12-17(26)27/h6-9,16,18-21,28H,3-5,10-13H2,1-2H3,(H,24,29)(H,26,27)/t16-,18+,19-,20-,21-/m1/s1. The third-order valence-corrected chi connectivity index (χ3v) is 6.12. The van der Waals surface area contributed by atoms with Gasteiger partial charge in [0.1, 0.15) is 24.4 Å². The minimum absolute atomic E-state index is 0.0944. The van der Waals surface area contributed by atoms with Gasteiger partial charge in [0.25, 0.3) is 0 Å². The van der Waals surface area contributed by atoms with E-state index in [0.29, 0.717) is 17.8 Å². The van der Waals surface area contributed by atoms with E-state index in [-0.39, 0.29) is 6.42 Å². The lowest BCUT2D eigenvalue weighted by Crippen LogP contribution is -2.49. The van der Waals surface area contributed by atoms with Gasteiger partial charge in [0, 0.05) is 12.2 Å². The molecule has 3 N–H and O–H groups in total. The Balaban J connectivity index is 1.41. The molecule has 4 rings (SSSR count). The summed E-state index contributed by atoms with van der Waals surface area (Å²) in [6.07, 6.45) is -1.37. The maximum Gasteiger partial charge on any atom is 0.412 e. The van der Waals surface area contributed by atoms with E-state index >= 15 is 0 Å². The second-order valence-corrected chi connectivity index (χ2v) is 9.26. The first-order valence-electron chi connectivity index (χ1n) is 11.4. The Morgan fingerprint density at radius 3 is 2.52 bits per heavy atom. The Morgan fingerprint density at radius 1 is 1.18 bits per heavy atom. The second-order valence-electron chi connectivity index (χ2n) is 9.26. The molecule has 0 aliphatic carbocycles. The van der Waals surface area contributed by atoms with E-state index < -0.39 is 48.6 Å². The maximum absolute atomic E-state index is 12.7. The summed E-state index contributed by atoms with van der Waals surface area (Å²) in [4.78, 5) is 25.7. The predicted octanol–water partition coefficient (Wildman–Crippen LogP) is 1.95. The molecular weight excluding hydrogens is 432 g/mol. The first kappa shape index (κ1) is 23.9. The minimum atomic E-state index is -1.00. The topological polar surface area (TPSA) is 127 Å². The van der Waals surface area contributed by atoms with Gasteiger partial charge in [0.2, 0.25) is 0 Å². The molecule has 1 aromatic rings. The quantitative estimate of drug-likeness (QED) is 0.555. The number of piperidine rings is 1. The van der Waals surface area contributed by atoms with Gasteiger partial charge in [-0.15, -0.1) is 0 Å². The number of nitrogens with zero attached hydrogens (tertiary/aromatic N) is 1. The number of benzene rings is 1. The molecule has 0 radical (unpaired) electrons. The molecule has 0 spiro atoms.